The molecule has 0 bridgehead atoms. The highest BCUT2D eigenvalue weighted by molar-refractivity contribution is 5.80. The minimum Gasteiger partial charge on any atom is -0.368 e. The van der Waals surface area contributed by atoms with Crippen LogP contribution in [0.25, 0.3) is 0 Å². The van der Waals surface area contributed by atoms with E-state index in [4.69, 9.17) is 5.73 Å². The van der Waals surface area contributed by atoms with E-state index in [0.717, 1.165) is 39.3 Å². The van der Waals surface area contributed by atoms with Crippen LogP contribution in [-0.2, 0) is 4.79 Å². The summed E-state index contributed by atoms with van der Waals surface area (Å²) in [6.07, 6.45) is 0. The monoisotopic (exact) mass is 242 g/mol. The van der Waals surface area contributed by atoms with E-state index in [-0.39, 0.29) is 11.9 Å². The van der Waals surface area contributed by atoms with Crippen LogP contribution in [-0.4, -0.2) is 67.1 Å². The van der Waals surface area contributed by atoms with Gasteiger partial charge in [-0.25, -0.2) is 0 Å². The summed E-state index contributed by atoms with van der Waals surface area (Å²) in [4.78, 5) is 16.0. The zero-order valence-corrected chi connectivity index (χ0v) is 11.3. The van der Waals surface area contributed by atoms with Gasteiger partial charge in [-0.2, -0.15) is 0 Å². The van der Waals surface area contributed by atoms with Crippen molar-refractivity contribution in [2.24, 2.45) is 5.73 Å². The SMILES string of the molecule is CCNC(CN1CCN(C(C)C)CC1)C(N)=O. The quantitative estimate of drug-likeness (QED) is 0.658. The Hall–Kier alpha value is -0.650. The fourth-order valence-electron chi connectivity index (χ4n) is 2.22. The molecule has 0 aromatic heterocycles. The first-order valence-electron chi connectivity index (χ1n) is 6.53. The van der Waals surface area contributed by atoms with E-state index >= 15 is 0 Å². The normalized spacial score (nSPS) is 20.7. The van der Waals surface area contributed by atoms with E-state index in [9.17, 15) is 4.79 Å². The number of nitrogens with one attached hydrogen (secondary N) is 1. The van der Waals surface area contributed by atoms with E-state index in [2.05, 4.69) is 29.0 Å². The van der Waals surface area contributed by atoms with Gasteiger partial charge in [-0.15, -0.1) is 0 Å². The highest BCUT2D eigenvalue weighted by Gasteiger charge is 2.23. The first-order chi connectivity index (χ1) is 8.04. The van der Waals surface area contributed by atoms with E-state index in [1.54, 1.807) is 0 Å². The molecule has 1 saturated heterocycles. The summed E-state index contributed by atoms with van der Waals surface area (Å²) < 4.78 is 0. The number of amides is 1. The van der Waals surface area contributed by atoms with Gasteiger partial charge >= 0.3 is 0 Å². The Morgan fingerprint density at radius 3 is 2.29 bits per heavy atom. The smallest absolute Gasteiger partial charge is 0.235 e. The lowest BCUT2D eigenvalue weighted by Crippen LogP contribution is -2.55. The Morgan fingerprint density at radius 2 is 1.88 bits per heavy atom. The molecule has 1 aliphatic heterocycles. The van der Waals surface area contributed by atoms with E-state index in [1.165, 1.54) is 0 Å². The Kier molecular flexibility index (Phi) is 5.88. The molecule has 5 heteroatoms. The molecule has 0 saturated carbocycles. The number of nitrogens with zero attached hydrogens (tertiary/aromatic N) is 2. The number of rotatable bonds is 6. The second-order valence-corrected chi connectivity index (χ2v) is 4.94. The second kappa shape index (κ2) is 6.93. The maximum Gasteiger partial charge on any atom is 0.235 e. The van der Waals surface area contributed by atoms with Crippen molar-refractivity contribution < 1.29 is 4.79 Å². The summed E-state index contributed by atoms with van der Waals surface area (Å²) in [5.74, 6) is -0.252. The molecule has 0 aliphatic carbocycles. The van der Waals surface area contributed by atoms with Crippen molar-refractivity contribution in [3.63, 3.8) is 0 Å². The first kappa shape index (κ1) is 14.4. The number of carbonyl (C=O) groups is 1. The largest absolute Gasteiger partial charge is 0.368 e. The van der Waals surface area contributed by atoms with Crippen LogP contribution in [0.5, 0.6) is 0 Å². The van der Waals surface area contributed by atoms with Crippen molar-refractivity contribution in [2.75, 3.05) is 39.3 Å². The summed E-state index contributed by atoms with van der Waals surface area (Å²) in [7, 11) is 0. The minimum atomic E-state index is -0.252. The van der Waals surface area contributed by atoms with Gasteiger partial charge in [0.1, 0.15) is 0 Å². The standard InChI is InChI=1S/C12H26N4O/c1-4-14-11(12(13)17)9-15-5-7-16(8-6-15)10(2)3/h10-11,14H,4-9H2,1-3H3,(H2,13,17). The third-order valence-electron chi connectivity index (χ3n) is 3.37. The number of piperazine rings is 1. The fourth-order valence-corrected chi connectivity index (χ4v) is 2.22. The topological polar surface area (TPSA) is 61.6 Å². The molecule has 1 fully saturated rings. The number of carbonyl (C=O) groups excluding carboxylic acids is 1. The van der Waals surface area contributed by atoms with Gasteiger partial charge in [0.2, 0.25) is 5.91 Å². The van der Waals surface area contributed by atoms with Crippen molar-refractivity contribution in [3.8, 4) is 0 Å². The first-order valence-corrected chi connectivity index (χ1v) is 6.53. The van der Waals surface area contributed by atoms with Gasteiger partial charge in [0.25, 0.3) is 0 Å². The van der Waals surface area contributed by atoms with Gasteiger partial charge in [0.15, 0.2) is 0 Å². The van der Waals surface area contributed by atoms with Crippen LogP contribution in [0.15, 0.2) is 0 Å². The summed E-state index contributed by atoms with van der Waals surface area (Å²) >= 11 is 0. The lowest BCUT2D eigenvalue weighted by Gasteiger charge is -2.37. The predicted molar refractivity (Wildman–Crippen MR) is 69.8 cm³/mol. The second-order valence-electron chi connectivity index (χ2n) is 4.94. The molecular weight excluding hydrogens is 216 g/mol. The lowest BCUT2D eigenvalue weighted by molar-refractivity contribution is -0.120. The van der Waals surface area contributed by atoms with Gasteiger partial charge < -0.3 is 11.1 Å². The van der Waals surface area contributed by atoms with Crippen LogP contribution in [0, 0.1) is 0 Å². The maximum atomic E-state index is 11.3. The average Bonchev–Trinajstić information content (AvgIpc) is 2.29. The molecule has 1 aliphatic rings. The van der Waals surface area contributed by atoms with Crippen LogP contribution in [0.4, 0.5) is 0 Å². The van der Waals surface area contributed by atoms with Crippen molar-refractivity contribution in [1.82, 2.24) is 15.1 Å². The fraction of sp³-hybridized carbons (Fsp3) is 0.917. The average molecular weight is 242 g/mol. The summed E-state index contributed by atoms with van der Waals surface area (Å²) in [5, 5.41) is 3.13. The summed E-state index contributed by atoms with van der Waals surface area (Å²) in [6.45, 7) is 12.1. The third-order valence-corrected chi connectivity index (χ3v) is 3.37. The molecule has 17 heavy (non-hydrogen) atoms. The molecule has 3 N–H and O–H groups in total. The van der Waals surface area contributed by atoms with Gasteiger partial charge in [-0.1, -0.05) is 6.92 Å². The number of likely N-dealkylation sites (N-methyl/N-ethyl adjacent to an activating group) is 1. The maximum absolute atomic E-state index is 11.3. The van der Waals surface area contributed by atoms with E-state index in [0.29, 0.717) is 6.04 Å². The van der Waals surface area contributed by atoms with E-state index < -0.39 is 0 Å². The molecule has 100 valence electrons. The highest BCUT2D eigenvalue weighted by Crippen LogP contribution is 2.06. The molecule has 0 spiro atoms. The molecule has 1 amide bonds. The summed E-state index contributed by atoms with van der Waals surface area (Å²) in [5.41, 5.74) is 5.38. The van der Waals surface area contributed by atoms with Gasteiger partial charge in [-0.3, -0.25) is 14.6 Å². The Bertz CT molecular complexity index is 237. The number of nitrogens with two attached hydrogens (primary N) is 1. The molecule has 1 atom stereocenters. The van der Waals surface area contributed by atoms with Crippen LogP contribution < -0.4 is 11.1 Å². The molecule has 1 unspecified atom stereocenters. The zero-order chi connectivity index (χ0) is 12.8. The zero-order valence-electron chi connectivity index (χ0n) is 11.3. The molecule has 0 aromatic rings. The summed E-state index contributed by atoms with van der Waals surface area (Å²) in [6, 6.07) is 0.392. The lowest BCUT2D eigenvalue weighted by atomic mass is 10.2. The van der Waals surface area contributed by atoms with Crippen LogP contribution >= 0.6 is 0 Å². The predicted octanol–water partition coefficient (Wildman–Crippen LogP) is -0.524. The number of primary amides is 1. The van der Waals surface area contributed by atoms with E-state index in [1.807, 2.05) is 6.92 Å². The molecule has 1 heterocycles. The van der Waals surface area contributed by atoms with Gasteiger partial charge in [0, 0.05) is 38.8 Å². The molecule has 1 rings (SSSR count). The Morgan fingerprint density at radius 1 is 1.29 bits per heavy atom. The van der Waals surface area contributed by atoms with Crippen molar-refractivity contribution in [2.45, 2.75) is 32.9 Å². The molecule has 5 nitrogen and oxygen atoms in total. The van der Waals surface area contributed by atoms with Gasteiger partial charge in [0.05, 0.1) is 6.04 Å². The van der Waals surface area contributed by atoms with Crippen molar-refractivity contribution in [1.29, 1.82) is 0 Å². The highest BCUT2D eigenvalue weighted by atomic mass is 16.1. The van der Waals surface area contributed by atoms with Gasteiger partial charge in [-0.05, 0) is 20.4 Å². The Labute approximate surface area is 104 Å². The van der Waals surface area contributed by atoms with Crippen molar-refractivity contribution in [3.05, 3.63) is 0 Å². The Balaban J connectivity index is 2.35. The van der Waals surface area contributed by atoms with Crippen LogP contribution in [0.3, 0.4) is 0 Å². The third kappa shape index (κ3) is 4.61. The van der Waals surface area contributed by atoms with Crippen molar-refractivity contribution >= 4 is 5.91 Å². The molecular formula is C12H26N4O. The minimum absolute atomic E-state index is 0.217. The molecule has 0 radical (unpaired) electrons. The van der Waals surface area contributed by atoms with Crippen LogP contribution in [0.2, 0.25) is 0 Å². The number of hydrogen-bond acceptors (Lipinski definition) is 4. The van der Waals surface area contributed by atoms with Crippen LogP contribution in [0.1, 0.15) is 20.8 Å². The molecule has 0 aromatic carbocycles. The number of hydrogen-bond donors (Lipinski definition) is 2.